The number of ether oxygens (including phenoxy) is 1. The van der Waals surface area contributed by atoms with Crippen LogP contribution in [0.25, 0.3) is 0 Å². The summed E-state index contributed by atoms with van der Waals surface area (Å²) >= 11 is 0. The van der Waals surface area contributed by atoms with Gasteiger partial charge in [0, 0.05) is 30.2 Å². The zero-order chi connectivity index (χ0) is 19.1. The minimum atomic E-state index is -1.49. The average molecular weight is 357 g/mol. The van der Waals surface area contributed by atoms with E-state index in [4.69, 9.17) is 4.74 Å². The van der Waals surface area contributed by atoms with Gasteiger partial charge in [-0.1, -0.05) is 6.07 Å². The molecule has 3 rings (SSSR count). The summed E-state index contributed by atoms with van der Waals surface area (Å²) in [4.78, 5) is 10.5. The second-order valence-electron chi connectivity index (χ2n) is 6.26. The van der Waals surface area contributed by atoms with Gasteiger partial charge in [-0.25, -0.2) is 0 Å². The Bertz CT molecular complexity index is 881. The highest BCUT2D eigenvalue weighted by Gasteiger charge is 2.54. The molecule has 8 nitrogen and oxygen atoms in total. The number of hydroxylamine groups is 3. The summed E-state index contributed by atoms with van der Waals surface area (Å²) in [7, 11) is 1.55. The maximum atomic E-state index is 13.2. The van der Waals surface area contributed by atoms with Crippen LogP contribution in [0.4, 0.5) is 5.69 Å². The lowest BCUT2D eigenvalue weighted by Gasteiger charge is -2.29. The molecule has 26 heavy (non-hydrogen) atoms. The second-order valence-corrected chi connectivity index (χ2v) is 6.26. The maximum absolute atomic E-state index is 13.2. The molecule has 0 radical (unpaired) electrons. The SMILES string of the molecule is COc1ccc(C2=[N+]([O-])[C@@](C)(c3cccc([N+](=O)[O-])c3)N(O)[C@@H]2C)cc1. The summed E-state index contributed by atoms with van der Waals surface area (Å²) in [6.45, 7) is 3.24. The van der Waals surface area contributed by atoms with E-state index in [-0.39, 0.29) is 5.69 Å². The number of non-ortho nitro benzene ring substituents is 1. The fourth-order valence-corrected chi connectivity index (χ4v) is 3.27. The predicted molar refractivity (Wildman–Crippen MR) is 94.3 cm³/mol. The van der Waals surface area contributed by atoms with Crippen molar-refractivity contribution >= 4 is 11.4 Å². The molecule has 0 saturated heterocycles. The van der Waals surface area contributed by atoms with E-state index in [1.165, 1.54) is 25.1 Å². The van der Waals surface area contributed by atoms with Crippen molar-refractivity contribution in [2.75, 3.05) is 7.11 Å². The molecule has 2 atom stereocenters. The first-order valence-electron chi connectivity index (χ1n) is 8.02. The van der Waals surface area contributed by atoms with Gasteiger partial charge in [0.1, 0.15) is 11.8 Å². The molecule has 0 bridgehead atoms. The van der Waals surface area contributed by atoms with E-state index in [0.29, 0.717) is 27.3 Å². The smallest absolute Gasteiger partial charge is 0.274 e. The van der Waals surface area contributed by atoms with Crippen molar-refractivity contribution in [2.24, 2.45) is 0 Å². The van der Waals surface area contributed by atoms with Crippen molar-refractivity contribution < 1.29 is 19.6 Å². The summed E-state index contributed by atoms with van der Waals surface area (Å²) in [5, 5.41) is 35.8. The molecule has 2 aromatic rings. The van der Waals surface area contributed by atoms with E-state index in [0.717, 1.165) is 5.06 Å². The third-order valence-corrected chi connectivity index (χ3v) is 4.81. The van der Waals surface area contributed by atoms with Crippen LogP contribution >= 0.6 is 0 Å². The van der Waals surface area contributed by atoms with Crippen molar-refractivity contribution in [3.05, 3.63) is 75.0 Å². The molecule has 0 amide bonds. The van der Waals surface area contributed by atoms with Crippen LogP contribution in [-0.2, 0) is 5.66 Å². The topological polar surface area (TPSA) is 102 Å². The third kappa shape index (κ3) is 2.59. The lowest BCUT2D eigenvalue weighted by molar-refractivity contribution is -0.595. The fraction of sp³-hybridized carbons (Fsp3) is 0.278. The van der Waals surface area contributed by atoms with E-state index in [9.17, 15) is 20.5 Å². The highest BCUT2D eigenvalue weighted by Crippen LogP contribution is 2.37. The molecule has 8 heteroatoms. The molecule has 0 aliphatic carbocycles. The number of benzene rings is 2. The van der Waals surface area contributed by atoms with Gasteiger partial charge in [-0.05, 0) is 37.3 Å². The Morgan fingerprint density at radius 3 is 2.50 bits per heavy atom. The third-order valence-electron chi connectivity index (χ3n) is 4.81. The van der Waals surface area contributed by atoms with Crippen LogP contribution in [0.15, 0.2) is 48.5 Å². The predicted octanol–water partition coefficient (Wildman–Crippen LogP) is 2.87. The van der Waals surface area contributed by atoms with E-state index in [1.807, 2.05) is 0 Å². The highest BCUT2D eigenvalue weighted by atomic mass is 16.6. The van der Waals surface area contributed by atoms with E-state index in [2.05, 4.69) is 0 Å². The van der Waals surface area contributed by atoms with Gasteiger partial charge in [-0.15, -0.1) is 5.06 Å². The lowest BCUT2D eigenvalue weighted by atomic mass is 10.0. The molecular weight excluding hydrogens is 338 g/mol. The zero-order valence-electron chi connectivity index (χ0n) is 14.6. The lowest BCUT2D eigenvalue weighted by Crippen LogP contribution is -2.45. The first-order valence-corrected chi connectivity index (χ1v) is 8.02. The molecule has 2 aromatic carbocycles. The van der Waals surface area contributed by atoms with E-state index in [1.54, 1.807) is 44.4 Å². The van der Waals surface area contributed by atoms with Crippen LogP contribution in [0.3, 0.4) is 0 Å². The molecule has 1 heterocycles. The van der Waals surface area contributed by atoms with Crippen molar-refractivity contribution in [1.82, 2.24) is 5.06 Å². The van der Waals surface area contributed by atoms with Crippen molar-refractivity contribution in [3.8, 4) is 5.75 Å². The number of nitro benzene ring substituents is 1. The molecule has 1 N–H and O–H groups in total. The Kier molecular flexibility index (Phi) is 4.39. The molecule has 0 saturated carbocycles. The minimum absolute atomic E-state index is 0.143. The van der Waals surface area contributed by atoms with Crippen molar-refractivity contribution in [1.29, 1.82) is 0 Å². The first-order chi connectivity index (χ1) is 12.3. The van der Waals surface area contributed by atoms with Gasteiger partial charge in [-0.3, -0.25) is 10.1 Å². The zero-order valence-corrected chi connectivity index (χ0v) is 14.6. The Hall–Kier alpha value is -2.97. The summed E-state index contributed by atoms with van der Waals surface area (Å²) in [5.74, 6) is 0.653. The van der Waals surface area contributed by atoms with Crippen LogP contribution in [0, 0.1) is 15.3 Å². The van der Waals surface area contributed by atoms with E-state index >= 15 is 0 Å². The molecule has 0 fully saturated rings. The molecule has 1 aliphatic rings. The summed E-state index contributed by atoms with van der Waals surface area (Å²) in [6, 6.07) is 12.1. The highest BCUT2D eigenvalue weighted by molar-refractivity contribution is 6.01. The van der Waals surface area contributed by atoms with Gasteiger partial charge in [0.05, 0.1) is 12.0 Å². The quantitative estimate of drug-likeness (QED) is 0.391. The van der Waals surface area contributed by atoms with Gasteiger partial charge >= 0.3 is 0 Å². The molecule has 136 valence electrons. The number of methoxy groups -OCH3 is 1. The number of hydrogen-bond acceptors (Lipinski definition) is 6. The molecule has 1 aliphatic heterocycles. The minimum Gasteiger partial charge on any atom is -0.622 e. The van der Waals surface area contributed by atoms with Gasteiger partial charge in [-0.2, -0.15) is 4.74 Å². The second kappa shape index (κ2) is 6.40. The first kappa shape index (κ1) is 17.8. The van der Waals surface area contributed by atoms with Crippen molar-refractivity contribution in [2.45, 2.75) is 25.6 Å². The molecule has 0 unspecified atom stereocenters. The van der Waals surface area contributed by atoms with Gasteiger partial charge < -0.3 is 15.2 Å². The summed E-state index contributed by atoms with van der Waals surface area (Å²) in [6.07, 6.45) is 0. The van der Waals surface area contributed by atoms with Crippen molar-refractivity contribution in [3.63, 3.8) is 0 Å². The van der Waals surface area contributed by atoms with Crippen LogP contribution in [0.5, 0.6) is 5.75 Å². The largest absolute Gasteiger partial charge is 0.622 e. The molecular formula is C18H19N3O5. The van der Waals surface area contributed by atoms with Crippen LogP contribution in [0.1, 0.15) is 25.0 Å². The summed E-state index contributed by atoms with van der Waals surface area (Å²) in [5.41, 5.74) is -0.290. The van der Waals surface area contributed by atoms with Crippen LogP contribution in [0.2, 0.25) is 0 Å². The fourth-order valence-electron chi connectivity index (χ4n) is 3.27. The van der Waals surface area contributed by atoms with Gasteiger partial charge in [0.15, 0.2) is 0 Å². The summed E-state index contributed by atoms with van der Waals surface area (Å²) < 4.78 is 5.83. The number of rotatable bonds is 4. The number of nitrogens with zero attached hydrogens (tertiary/aromatic N) is 3. The standard InChI is InChI=1S/C18H19N3O5/c1-12-17(13-7-9-16(26-3)10-8-13)20(23)18(2,19(12)22)14-5-4-6-15(11-14)21(24)25/h4-12,22H,1-3H3/t12-,18+/m1/s1. The maximum Gasteiger partial charge on any atom is 0.274 e. The average Bonchev–Trinajstić information content (AvgIpc) is 2.83. The number of nitro groups is 1. The Labute approximate surface area is 150 Å². The van der Waals surface area contributed by atoms with Gasteiger partial charge in [0.2, 0.25) is 5.71 Å². The van der Waals surface area contributed by atoms with E-state index < -0.39 is 16.6 Å². The van der Waals surface area contributed by atoms with Crippen LogP contribution in [-0.4, -0.2) is 38.8 Å². The molecule has 0 spiro atoms. The Morgan fingerprint density at radius 2 is 1.92 bits per heavy atom. The normalized spacial score (nSPS) is 23.3. The van der Waals surface area contributed by atoms with Gasteiger partial charge in [0.25, 0.3) is 11.4 Å². The monoisotopic (exact) mass is 357 g/mol. The Morgan fingerprint density at radius 1 is 1.27 bits per heavy atom. The van der Waals surface area contributed by atoms with Crippen LogP contribution < -0.4 is 4.74 Å². The number of hydrogen-bond donors (Lipinski definition) is 1. The molecule has 0 aromatic heterocycles. The Balaban J connectivity index is 2.13.